The van der Waals surface area contributed by atoms with Crippen LogP contribution in [0.4, 0.5) is 4.79 Å². The van der Waals surface area contributed by atoms with Gasteiger partial charge in [0, 0.05) is 12.6 Å². The summed E-state index contributed by atoms with van der Waals surface area (Å²) in [6, 6.07) is 7.30. The Balaban J connectivity index is 2.46. The largest absolute Gasteiger partial charge is 0.485 e. The molecule has 1 N–H and O–H groups in total. The second-order valence-corrected chi connectivity index (χ2v) is 4.54. The zero-order chi connectivity index (χ0) is 11.9. The molecule has 1 atom stereocenters. The third-order valence-electron chi connectivity index (χ3n) is 2.93. The number of amides is 1. The van der Waals surface area contributed by atoms with Gasteiger partial charge in [0.1, 0.15) is 17.4 Å². The van der Waals surface area contributed by atoms with E-state index in [4.69, 9.17) is 9.84 Å². The summed E-state index contributed by atoms with van der Waals surface area (Å²) in [6.45, 7) is 3.80. The van der Waals surface area contributed by atoms with Crippen molar-refractivity contribution < 1.29 is 14.6 Å². The van der Waals surface area contributed by atoms with E-state index in [1.807, 2.05) is 38.1 Å². The van der Waals surface area contributed by atoms with E-state index in [1.165, 1.54) is 4.90 Å². The van der Waals surface area contributed by atoms with Crippen LogP contribution in [0.25, 0.3) is 0 Å². The number of benzene rings is 1. The third-order valence-corrected chi connectivity index (χ3v) is 2.93. The first-order valence-corrected chi connectivity index (χ1v) is 5.17. The molecule has 4 heteroatoms. The summed E-state index contributed by atoms with van der Waals surface area (Å²) in [6.07, 6.45) is -0.946. The molecule has 0 aromatic heterocycles. The normalized spacial score (nSPS) is 21.1. The number of ether oxygens (including phenoxy) is 1. The van der Waals surface area contributed by atoms with Crippen LogP contribution in [-0.4, -0.2) is 28.7 Å². The topological polar surface area (TPSA) is 49.8 Å². The van der Waals surface area contributed by atoms with Gasteiger partial charge in [-0.15, -0.1) is 0 Å². The molecule has 4 nitrogen and oxygen atoms in total. The quantitative estimate of drug-likeness (QED) is 0.792. The summed E-state index contributed by atoms with van der Waals surface area (Å²) < 4.78 is 5.77. The molecule has 1 unspecified atom stereocenters. The fraction of sp³-hybridized carbons (Fsp3) is 0.417. The van der Waals surface area contributed by atoms with E-state index in [-0.39, 0.29) is 6.04 Å². The molecule has 0 bridgehead atoms. The monoisotopic (exact) mass is 221 g/mol. The Morgan fingerprint density at radius 3 is 2.69 bits per heavy atom. The molecule has 1 aromatic carbocycles. The molecule has 16 heavy (non-hydrogen) atoms. The van der Waals surface area contributed by atoms with Crippen molar-refractivity contribution in [1.29, 1.82) is 0 Å². The fourth-order valence-electron chi connectivity index (χ4n) is 2.30. The predicted molar refractivity (Wildman–Crippen MR) is 59.7 cm³/mol. The average Bonchev–Trinajstić information content (AvgIpc) is 2.46. The van der Waals surface area contributed by atoms with Gasteiger partial charge in [-0.05, 0) is 19.9 Å². The standard InChI is InChI=1S/C12H15NO3/c1-12(2)10(13(3)11(14)15)8-6-4-5-7-9(8)16-12/h4-7,10H,1-3H3,(H,14,15). The number of hydrogen-bond donors (Lipinski definition) is 1. The summed E-state index contributed by atoms with van der Waals surface area (Å²) in [4.78, 5) is 12.4. The van der Waals surface area contributed by atoms with E-state index in [0.29, 0.717) is 0 Å². The maximum atomic E-state index is 11.1. The van der Waals surface area contributed by atoms with Gasteiger partial charge in [0.05, 0.1) is 0 Å². The van der Waals surface area contributed by atoms with Crippen molar-refractivity contribution in [1.82, 2.24) is 4.90 Å². The molecule has 1 heterocycles. The summed E-state index contributed by atoms with van der Waals surface area (Å²) in [5.41, 5.74) is 0.397. The number of fused-ring (bicyclic) bond motifs is 1. The highest BCUT2D eigenvalue weighted by molar-refractivity contribution is 5.66. The maximum absolute atomic E-state index is 11.1. The highest BCUT2D eigenvalue weighted by atomic mass is 16.5. The van der Waals surface area contributed by atoms with Crippen LogP contribution in [0.5, 0.6) is 5.75 Å². The van der Waals surface area contributed by atoms with Crippen molar-refractivity contribution in [2.45, 2.75) is 25.5 Å². The van der Waals surface area contributed by atoms with Crippen molar-refractivity contribution >= 4 is 6.09 Å². The fourth-order valence-corrected chi connectivity index (χ4v) is 2.30. The zero-order valence-corrected chi connectivity index (χ0v) is 9.60. The Hall–Kier alpha value is -1.71. The molecular weight excluding hydrogens is 206 g/mol. The summed E-state index contributed by atoms with van der Waals surface area (Å²) in [5, 5.41) is 9.07. The first kappa shape index (κ1) is 10.8. The highest BCUT2D eigenvalue weighted by Crippen LogP contribution is 2.45. The molecule has 0 radical (unpaired) electrons. The number of carboxylic acid groups (broad SMARTS) is 1. The highest BCUT2D eigenvalue weighted by Gasteiger charge is 2.44. The minimum Gasteiger partial charge on any atom is -0.485 e. The average molecular weight is 221 g/mol. The lowest BCUT2D eigenvalue weighted by molar-refractivity contribution is 0.0416. The van der Waals surface area contributed by atoms with Gasteiger partial charge in [0.15, 0.2) is 0 Å². The van der Waals surface area contributed by atoms with Crippen LogP contribution in [0, 0.1) is 0 Å². The number of para-hydroxylation sites is 1. The second kappa shape index (κ2) is 3.40. The molecule has 1 aromatic rings. The number of carbonyl (C=O) groups is 1. The van der Waals surface area contributed by atoms with Crippen molar-refractivity contribution in [2.75, 3.05) is 7.05 Å². The van der Waals surface area contributed by atoms with Gasteiger partial charge >= 0.3 is 6.09 Å². The predicted octanol–water partition coefficient (Wildman–Crippen LogP) is 2.51. The Bertz CT molecular complexity index is 428. The minimum absolute atomic E-state index is 0.263. The van der Waals surface area contributed by atoms with Crippen LogP contribution in [-0.2, 0) is 0 Å². The maximum Gasteiger partial charge on any atom is 0.407 e. The Labute approximate surface area is 94.4 Å². The van der Waals surface area contributed by atoms with Gasteiger partial charge in [0.25, 0.3) is 0 Å². The molecule has 0 aliphatic carbocycles. The van der Waals surface area contributed by atoms with E-state index in [2.05, 4.69) is 0 Å². The Morgan fingerprint density at radius 2 is 2.06 bits per heavy atom. The van der Waals surface area contributed by atoms with Crippen LogP contribution in [0.3, 0.4) is 0 Å². The molecule has 0 spiro atoms. The van der Waals surface area contributed by atoms with E-state index in [1.54, 1.807) is 7.05 Å². The Kier molecular flexibility index (Phi) is 2.30. The van der Waals surface area contributed by atoms with E-state index >= 15 is 0 Å². The van der Waals surface area contributed by atoms with E-state index < -0.39 is 11.7 Å². The molecule has 2 rings (SSSR count). The zero-order valence-electron chi connectivity index (χ0n) is 9.60. The Morgan fingerprint density at radius 1 is 1.44 bits per heavy atom. The van der Waals surface area contributed by atoms with Crippen LogP contribution < -0.4 is 4.74 Å². The smallest absolute Gasteiger partial charge is 0.407 e. The van der Waals surface area contributed by atoms with E-state index in [0.717, 1.165) is 11.3 Å². The van der Waals surface area contributed by atoms with Crippen molar-refractivity contribution in [2.24, 2.45) is 0 Å². The first-order valence-electron chi connectivity index (χ1n) is 5.17. The first-order chi connectivity index (χ1) is 7.43. The molecule has 0 fully saturated rings. The van der Waals surface area contributed by atoms with Crippen molar-refractivity contribution in [3.8, 4) is 5.75 Å². The molecule has 0 saturated heterocycles. The summed E-state index contributed by atoms with van der Waals surface area (Å²) >= 11 is 0. The molecule has 1 aliphatic rings. The van der Waals surface area contributed by atoms with Crippen LogP contribution >= 0.6 is 0 Å². The molecule has 1 amide bonds. The van der Waals surface area contributed by atoms with Crippen LogP contribution in [0.2, 0.25) is 0 Å². The SMILES string of the molecule is CN(C(=O)O)C1c2ccccc2OC1(C)C. The van der Waals surface area contributed by atoms with Gasteiger partial charge in [-0.2, -0.15) is 0 Å². The van der Waals surface area contributed by atoms with Gasteiger partial charge < -0.3 is 14.7 Å². The van der Waals surface area contributed by atoms with Crippen molar-refractivity contribution in [3.05, 3.63) is 29.8 Å². The van der Waals surface area contributed by atoms with Gasteiger partial charge in [-0.25, -0.2) is 4.79 Å². The lowest BCUT2D eigenvalue weighted by Crippen LogP contribution is -2.42. The second-order valence-electron chi connectivity index (χ2n) is 4.54. The molecule has 86 valence electrons. The lowest BCUT2D eigenvalue weighted by Gasteiger charge is -2.32. The number of likely N-dealkylation sites (N-methyl/N-ethyl adjacent to an activating group) is 1. The van der Waals surface area contributed by atoms with Gasteiger partial charge in [-0.1, -0.05) is 18.2 Å². The number of rotatable bonds is 1. The van der Waals surface area contributed by atoms with Gasteiger partial charge in [0.2, 0.25) is 0 Å². The van der Waals surface area contributed by atoms with Crippen LogP contribution in [0.1, 0.15) is 25.5 Å². The number of hydrogen-bond acceptors (Lipinski definition) is 2. The lowest BCUT2D eigenvalue weighted by atomic mass is 9.93. The van der Waals surface area contributed by atoms with Crippen LogP contribution in [0.15, 0.2) is 24.3 Å². The minimum atomic E-state index is -0.946. The van der Waals surface area contributed by atoms with Crippen molar-refractivity contribution in [3.63, 3.8) is 0 Å². The summed E-state index contributed by atoms with van der Waals surface area (Å²) in [7, 11) is 1.57. The van der Waals surface area contributed by atoms with Gasteiger partial charge in [-0.3, -0.25) is 0 Å². The molecule has 0 saturated carbocycles. The summed E-state index contributed by atoms with van der Waals surface area (Å²) in [5.74, 6) is 0.769. The molecule has 1 aliphatic heterocycles. The molecular formula is C12H15NO3. The van der Waals surface area contributed by atoms with E-state index in [9.17, 15) is 4.79 Å². The third kappa shape index (κ3) is 1.50. The number of nitrogens with zero attached hydrogens (tertiary/aromatic N) is 1.